The first-order valence-electron chi connectivity index (χ1n) is 6.12. The van der Waals surface area contributed by atoms with Crippen molar-refractivity contribution >= 4 is 11.9 Å². The van der Waals surface area contributed by atoms with Gasteiger partial charge in [-0.05, 0) is 24.6 Å². The molecule has 6 heteroatoms. The Morgan fingerprint density at radius 1 is 1.16 bits per heavy atom. The largest absolute Gasteiger partial charge is 0.491 e. The Morgan fingerprint density at radius 2 is 1.89 bits per heavy atom. The number of urea groups is 1. The molecule has 1 aromatic carbocycles. The molecular formula is C13H16N2O4. The highest BCUT2D eigenvalue weighted by atomic mass is 16.5. The van der Waals surface area contributed by atoms with E-state index in [1.54, 1.807) is 24.3 Å². The molecular weight excluding hydrogens is 248 g/mol. The van der Waals surface area contributed by atoms with Crippen molar-refractivity contribution in [2.75, 3.05) is 19.8 Å². The van der Waals surface area contributed by atoms with Gasteiger partial charge >= 0.3 is 6.03 Å². The number of hydrogen-bond donors (Lipinski definition) is 2. The van der Waals surface area contributed by atoms with Crippen LogP contribution in [-0.2, 0) is 9.53 Å². The standard InChI is InChI=1S/C13H16N2O4/c1-2-18-7-8-19-10-5-3-9(4-6-10)11-12(16)15-13(17)14-11/h3-6,11H,2,7-8H2,1H3,(H2,14,15,16,17)/t11-/m1/s1. The zero-order chi connectivity index (χ0) is 13.7. The number of carbonyl (C=O) groups is 2. The predicted octanol–water partition coefficient (Wildman–Crippen LogP) is 0.982. The first kappa shape index (κ1) is 13.4. The fourth-order valence-corrected chi connectivity index (χ4v) is 1.77. The Balaban J connectivity index is 1.91. The second kappa shape index (κ2) is 6.19. The Hall–Kier alpha value is -2.08. The fraction of sp³-hybridized carbons (Fsp3) is 0.385. The number of carbonyl (C=O) groups excluding carboxylic acids is 2. The molecule has 0 saturated carbocycles. The van der Waals surface area contributed by atoms with Crippen molar-refractivity contribution in [3.8, 4) is 5.75 Å². The van der Waals surface area contributed by atoms with E-state index in [1.807, 2.05) is 6.92 Å². The van der Waals surface area contributed by atoms with Crippen LogP contribution in [0, 0.1) is 0 Å². The first-order chi connectivity index (χ1) is 9.20. The molecule has 1 heterocycles. The van der Waals surface area contributed by atoms with E-state index < -0.39 is 12.1 Å². The number of rotatable bonds is 6. The van der Waals surface area contributed by atoms with Gasteiger partial charge in [-0.2, -0.15) is 0 Å². The second-order valence-electron chi connectivity index (χ2n) is 4.01. The zero-order valence-electron chi connectivity index (χ0n) is 10.6. The number of imide groups is 1. The summed E-state index contributed by atoms with van der Waals surface area (Å²) in [6.07, 6.45) is 0. The number of ether oxygens (including phenoxy) is 2. The molecule has 1 atom stereocenters. The maximum Gasteiger partial charge on any atom is 0.322 e. The lowest BCUT2D eigenvalue weighted by Gasteiger charge is -2.09. The van der Waals surface area contributed by atoms with Crippen molar-refractivity contribution in [3.63, 3.8) is 0 Å². The van der Waals surface area contributed by atoms with E-state index >= 15 is 0 Å². The molecule has 1 aromatic rings. The third-order valence-electron chi connectivity index (χ3n) is 2.69. The fourth-order valence-electron chi connectivity index (χ4n) is 1.77. The first-order valence-corrected chi connectivity index (χ1v) is 6.12. The molecule has 0 radical (unpaired) electrons. The van der Waals surface area contributed by atoms with E-state index in [4.69, 9.17) is 9.47 Å². The summed E-state index contributed by atoms with van der Waals surface area (Å²) in [4.78, 5) is 22.5. The van der Waals surface area contributed by atoms with Crippen LogP contribution in [0.3, 0.4) is 0 Å². The number of nitrogens with one attached hydrogen (secondary N) is 2. The van der Waals surface area contributed by atoms with Crippen molar-refractivity contribution in [1.29, 1.82) is 0 Å². The lowest BCUT2D eigenvalue weighted by Crippen LogP contribution is -2.22. The summed E-state index contributed by atoms with van der Waals surface area (Å²) in [6.45, 7) is 3.61. The monoisotopic (exact) mass is 264 g/mol. The summed E-state index contributed by atoms with van der Waals surface area (Å²) in [5.74, 6) is 0.364. The van der Waals surface area contributed by atoms with Crippen molar-refractivity contribution < 1.29 is 19.1 Å². The average Bonchev–Trinajstić information content (AvgIpc) is 2.75. The molecule has 2 rings (SSSR count). The Labute approximate surface area is 111 Å². The van der Waals surface area contributed by atoms with Gasteiger partial charge in [-0.3, -0.25) is 10.1 Å². The van der Waals surface area contributed by atoms with Gasteiger partial charge in [0.25, 0.3) is 5.91 Å². The molecule has 0 spiro atoms. The van der Waals surface area contributed by atoms with Gasteiger partial charge in [0.05, 0.1) is 6.61 Å². The Morgan fingerprint density at radius 3 is 2.47 bits per heavy atom. The maximum atomic E-state index is 11.5. The minimum absolute atomic E-state index is 0.338. The molecule has 1 saturated heterocycles. The van der Waals surface area contributed by atoms with Gasteiger partial charge in [0, 0.05) is 6.61 Å². The molecule has 1 aliphatic rings. The van der Waals surface area contributed by atoms with Gasteiger partial charge in [-0.25, -0.2) is 4.79 Å². The lowest BCUT2D eigenvalue weighted by molar-refractivity contribution is -0.120. The van der Waals surface area contributed by atoms with Crippen molar-refractivity contribution in [1.82, 2.24) is 10.6 Å². The molecule has 0 aliphatic carbocycles. The van der Waals surface area contributed by atoms with Crippen LogP contribution in [-0.4, -0.2) is 31.8 Å². The summed E-state index contributed by atoms with van der Waals surface area (Å²) >= 11 is 0. The van der Waals surface area contributed by atoms with E-state index in [-0.39, 0.29) is 5.91 Å². The predicted molar refractivity (Wildman–Crippen MR) is 67.8 cm³/mol. The second-order valence-corrected chi connectivity index (χ2v) is 4.01. The number of hydrogen-bond acceptors (Lipinski definition) is 4. The summed E-state index contributed by atoms with van der Waals surface area (Å²) in [7, 11) is 0. The van der Waals surface area contributed by atoms with Crippen LogP contribution in [0.1, 0.15) is 18.5 Å². The van der Waals surface area contributed by atoms with Crippen LogP contribution in [0.2, 0.25) is 0 Å². The maximum absolute atomic E-state index is 11.5. The van der Waals surface area contributed by atoms with Gasteiger partial charge in [0.2, 0.25) is 0 Å². The molecule has 1 aliphatic heterocycles. The molecule has 0 aromatic heterocycles. The lowest BCUT2D eigenvalue weighted by atomic mass is 10.1. The summed E-state index contributed by atoms with van der Waals surface area (Å²) in [5, 5.41) is 4.73. The van der Waals surface area contributed by atoms with E-state index in [0.29, 0.717) is 25.6 Å². The zero-order valence-corrected chi connectivity index (χ0v) is 10.6. The van der Waals surface area contributed by atoms with Crippen LogP contribution in [0.4, 0.5) is 4.79 Å². The molecule has 3 amide bonds. The molecule has 6 nitrogen and oxygen atoms in total. The van der Waals surface area contributed by atoms with Crippen LogP contribution < -0.4 is 15.4 Å². The average molecular weight is 264 g/mol. The van der Waals surface area contributed by atoms with E-state index in [9.17, 15) is 9.59 Å². The molecule has 0 unspecified atom stereocenters. The summed E-state index contributed by atoms with van der Waals surface area (Å²) in [6, 6.07) is 5.95. The molecule has 0 bridgehead atoms. The molecule has 2 N–H and O–H groups in total. The normalized spacial score (nSPS) is 18.1. The summed E-state index contributed by atoms with van der Waals surface area (Å²) < 4.78 is 10.6. The topological polar surface area (TPSA) is 76.7 Å². The van der Waals surface area contributed by atoms with Crippen LogP contribution in [0.15, 0.2) is 24.3 Å². The van der Waals surface area contributed by atoms with E-state index in [0.717, 1.165) is 5.56 Å². The molecule has 19 heavy (non-hydrogen) atoms. The third kappa shape index (κ3) is 3.45. The van der Waals surface area contributed by atoms with Gasteiger partial charge in [-0.1, -0.05) is 12.1 Å². The highest BCUT2D eigenvalue weighted by molar-refractivity contribution is 6.04. The molecule has 102 valence electrons. The van der Waals surface area contributed by atoms with Crippen LogP contribution in [0.5, 0.6) is 5.75 Å². The highest BCUT2D eigenvalue weighted by Crippen LogP contribution is 2.20. The van der Waals surface area contributed by atoms with Gasteiger partial charge in [-0.15, -0.1) is 0 Å². The van der Waals surface area contributed by atoms with Crippen molar-refractivity contribution in [2.45, 2.75) is 13.0 Å². The third-order valence-corrected chi connectivity index (χ3v) is 2.69. The number of amides is 3. The van der Waals surface area contributed by atoms with Crippen LogP contribution >= 0.6 is 0 Å². The van der Waals surface area contributed by atoms with Crippen molar-refractivity contribution in [2.24, 2.45) is 0 Å². The molecule has 1 fully saturated rings. The minimum Gasteiger partial charge on any atom is -0.491 e. The van der Waals surface area contributed by atoms with Gasteiger partial charge in [0.15, 0.2) is 0 Å². The van der Waals surface area contributed by atoms with Gasteiger partial charge < -0.3 is 14.8 Å². The van der Waals surface area contributed by atoms with Crippen LogP contribution in [0.25, 0.3) is 0 Å². The number of benzene rings is 1. The Bertz CT molecular complexity index is 458. The smallest absolute Gasteiger partial charge is 0.322 e. The van der Waals surface area contributed by atoms with Gasteiger partial charge in [0.1, 0.15) is 18.4 Å². The van der Waals surface area contributed by atoms with E-state index in [2.05, 4.69) is 10.6 Å². The van der Waals surface area contributed by atoms with E-state index in [1.165, 1.54) is 0 Å². The quantitative estimate of drug-likeness (QED) is 0.593. The Kier molecular flexibility index (Phi) is 4.35. The summed E-state index contributed by atoms with van der Waals surface area (Å²) in [5.41, 5.74) is 0.723. The highest BCUT2D eigenvalue weighted by Gasteiger charge is 2.30. The minimum atomic E-state index is -0.620. The van der Waals surface area contributed by atoms with Crippen molar-refractivity contribution in [3.05, 3.63) is 29.8 Å². The SMILES string of the molecule is CCOCCOc1ccc([C@H]2NC(=O)NC2=O)cc1.